The van der Waals surface area contributed by atoms with Crippen molar-refractivity contribution in [1.29, 1.82) is 0 Å². The van der Waals surface area contributed by atoms with Gasteiger partial charge in [-0.05, 0) is 47.6 Å². The molecular weight excluding hydrogens is 208 g/mol. The van der Waals surface area contributed by atoms with Gasteiger partial charge in [-0.25, -0.2) is 0 Å². The van der Waals surface area contributed by atoms with Crippen molar-refractivity contribution >= 4 is 0 Å². The van der Waals surface area contributed by atoms with E-state index >= 15 is 0 Å². The highest BCUT2D eigenvalue weighted by molar-refractivity contribution is 5.59. The molecule has 2 nitrogen and oxygen atoms in total. The fourth-order valence-electron chi connectivity index (χ4n) is 6.61. The Morgan fingerprint density at radius 2 is 1.82 bits per heavy atom. The van der Waals surface area contributed by atoms with Gasteiger partial charge in [-0.1, -0.05) is 31.2 Å². The summed E-state index contributed by atoms with van der Waals surface area (Å²) in [5.74, 6) is 7.46. The molecule has 1 aromatic rings. The highest BCUT2D eigenvalue weighted by atomic mass is 15.3. The molecule has 3 saturated carbocycles. The second-order valence-corrected chi connectivity index (χ2v) is 6.98. The third-order valence-corrected chi connectivity index (χ3v) is 6.81. The van der Waals surface area contributed by atoms with Crippen LogP contribution >= 0.6 is 0 Å². The molecule has 5 atom stereocenters. The summed E-state index contributed by atoms with van der Waals surface area (Å²) in [5, 5.41) is 0. The molecule has 4 aliphatic carbocycles. The molecule has 1 spiro atoms. The smallest absolute Gasteiger partial charge is 0.0405 e. The van der Waals surface area contributed by atoms with Crippen molar-refractivity contribution in [2.24, 2.45) is 16.7 Å². The third kappa shape index (κ3) is 0.580. The molecule has 1 aromatic carbocycles. The Labute approximate surface area is 102 Å². The average molecular weight is 226 g/mol. The number of nitrogens with two attached hydrogens (primary N) is 1. The first-order valence-electron chi connectivity index (χ1n) is 6.75. The Hall–Kier alpha value is -0.860. The summed E-state index contributed by atoms with van der Waals surface area (Å²) in [6, 6.07) is 9.11. The Balaban J connectivity index is 1.75. The molecule has 4 aliphatic rings. The topological polar surface area (TPSA) is 38.0 Å². The number of hydrogen-bond donors (Lipinski definition) is 2. The molecule has 0 radical (unpaired) electrons. The van der Waals surface area contributed by atoms with Crippen molar-refractivity contribution in [3.05, 3.63) is 35.4 Å². The van der Waals surface area contributed by atoms with Crippen molar-refractivity contribution in [2.75, 3.05) is 0 Å². The van der Waals surface area contributed by atoms with Gasteiger partial charge in [0.05, 0.1) is 0 Å². The van der Waals surface area contributed by atoms with E-state index in [0.717, 1.165) is 11.8 Å². The van der Waals surface area contributed by atoms with Gasteiger partial charge in [-0.2, -0.15) is 0 Å². The van der Waals surface area contributed by atoms with Crippen LogP contribution in [0.25, 0.3) is 0 Å². The van der Waals surface area contributed by atoms with Crippen LogP contribution in [0.15, 0.2) is 24.3 Å². The van der Waals surface area contributed by atoms with E-state index in [-0.39, 0.29) is 5.54 Å². The molecule has 2 heteroatoms. The van der Waals surface area contributed by atoms with Crippen molar-refractivity contribution in [1.82, 2.24) is 5.43 Å². The lowest BCUT2D eigenvalue weighted by atomic mass is 9.19. The maximum Gasteiger partial charge on any atom is 0.0405 e. The van der Waals surface area contributed by atoms with Crippen LogP contribution in [-0.2, 0) is 0 Å². The van der Waals surface area contributed by atoms with Crippen molar-refractivity contribution in [2.45, 2.75) is 43.6 Å². The van der Waals surface area contributed by atoms with Crippen molar-refractivity contribution < 1.29 is 0 Å². The van der Waals surface area contributed by atoms with Crippen LogP contribution in [0.2, 0.25) is 0 Å². The zero-order valence-corrected chi connectivity index (χ0v) is 10.2. The number of hydrogen-bond acceptors (Lipinski definition) is 2. The highest BCUT2D eigenvalue weighted by Gasteiger charge is 2.90. The number of hydrazine groups is 1. The zero-order valence-electron chi connectivity index (χ0n) is 10.2. The zero-order chi connectivity index (χ0) is 11.5. The second kappa shape index (κ2) is 2.19. The van der Waals surface area contributed by atoms with Crippen LogP contribution in [0.4, 0.5) is 0 Å². The van der Waals surface area contributed by atoms with Gasteiger partial charge in [0.2, 0.25) is 0 Å². The fraction of sp³-hybridized carbons (Fsp3) is 0.600. The summed E-state index contributed by atoms with van der Waals surface area (Å²) in [7, 11) is 0. The van der Waals surface area contributed by atoms with Gasteiger partial charge in [0.15, 0.2) is 0 Å². The van der Waals surface area contributed by atoms with Gasteiger partial charge in [0.1, 0.15) is 0 Å². The number of fused-ring (bicyclic) bond motifs is 3. The predicted octanol–water partition coefficient (Wildman–Crippen LogP) is 2.27. The Morgan fingerprint density at radius 1 is 1.18 bits per heavy atom. The predicted molar refractivity (Wildman–Crippen MR) is 66.4 cm³/mol. The highest BCUT2D eigenvalue weighted by Crippen LogP contribution is 2.93. The molecule has 17 heavy (non-hydrogen) atoms. The summed E-state index contributed by atoms with van der Waals surface area (Å²) in [6.45, 7) is 2.48. The van der Waals surface area contributed by atoms with Crippen molar-refractivity contribution in [3.63, 3.8) is 0 Å². The molecule has 0 saturated heterocycles. The molecule has 88 valence electrons. The first-order chi connectivity index (χ1) is 8.19. The lowest BCUT2D eigenvalue weighted by Crippen LogP contribution is -2.89. The van der Waals surface area contributed by atoms with Gasteiger partial charge in [0.25, 0.3) is 0 Å². The van der Waals surface area contributed by atoms with Crippen molar-refractivity contribution in [3.8, 4) is 0 Å². The monoisotopic (exact) mass is 226 g/mol. The summed E-state index contributed by atoms with van der Waals surface area (Å²) in [6.07, 6.45) is 3.92. The standard InChI is InChI=1S/C15H18N2/c1-13-6-11-9-4-2-3-5-10(9)12-7-14(8-13,17-16)15(11,12)13/h2-5,11-12,17H,6-8,16H2,1H3. The lowest BCUT2D eigenvalue weighted by molar-refractivity contribution is -0.330. The van der Waals surface area contributed by atoms with Crippen LogP contribution < -0.4 is 11.3 Å². The van der Waals surface area contributed by atoms with Crippen LogP contribution in [0, 0.1) is 10.8 Å². The molecule has 0 aliphatic heterocycles. The molecule has 3 fully saturated rings. The minimum absolute atomic E-state index is 0.272. The van der Waals surface area contributed by atoms with E-state index in [4.69, 9.17) is 5.84 Å². The van der Waals surface area contributed by atoms with E-state index in [0.29, 0.717) is 10.8 Å². The number of benzene rings is 1. The summed E-state index contributed by atoms with van der Waals surface area (Å²) < 4.78 is 0. The quantitative estimate of drug-likeness (QED) is 0.569. The lowest BCUT2D eigenvalue weighted by Gasteiger charge is -2.87. The SMILES string of the molecule is CC12CC3c4ccccc4C4CC(NN)(C1)C342. The van der Waals surface area contributed by atoms with E-state index in [9.17, 15) is 0 Å². The van der Waals surface area contributed by atoms with E-state index in [1.165, 1.54) is 19.3 Å². The minimum atomic E-state index is 0.272. The first-order valence-corrected chi connectivity index (χ1v) is 6.75. The van der Waals surface area contributed by atoms with Crippen LogP contribution in [0.3, 0.4) is 0 Å². The van der Waals surface area contributed by atoms with Crippen LogP contribution in [0.1, 0.15) is 49.1 Å². The van der Waals surface area contributed by atoms with Gasteiger partial charge >= 0.3 is 0 Å². The summed E-state index contributed by atoms with van der Waals surface area (Å²) in [4.78, 5) is 0. The van der Waals surface area contributed by atoms with E-state index < -0.39 is 0 Å². The molecule has 5 unspecified atom stereocenters. The van der Waals surface area contributed by atoms with Crippen LogP contribution in [0.5, 0.6) is 0 Å². The minimum Gasteiger partial charge on any atom is -0.271 e. The molecular formula is C15H18N2. The molecule has 5 rings (SSSR count). The average Bonchev–Trinajstić information content (AvgIpc) is 2.56. The fourth-order valence-corrected chi connectivity index (χ4v) is 6.61. The number of rotatable bonds is 1. The van der Waals surface area contributed by atoms with Gasteiger partial charge < -0.3 is 0 Å². The van der Waals surface area contributed by atoms with E-state index in [1.54, 1.807) is 11.1 Å². The summed E-state index contributed by atoms with van der Waals surface area (Å²) >= 11 is 0. The maximum atomic E-state index is 5.89. The Kier molecular flexibility index (Phi) is 1.18. The van der Waals surface area contributed by atoms with E-state index in [2.05, 4.69) is 36.6 Å². The van der Waals surface area contributed by atoms with Gasteiger partial charge in [-0.15, -0.1) is 0 Å². The number of nitrogens with one attached hydrogen (secondary N) is 1. The van der Waals surface area contributed by atoms with Crippen LogP contribution in [-0.4, -0.2) is 5.54 Å². The van der Waals surface area contributed by atoms with Gasteiger partial charge in [-0.3, -0.25) is 11.3 Å². The van der Waals surface area contributed by atoms with E-state index in [1.807, 2.05) is 0 Å². The maximum absolute atomic E-state index is 5.89. The third-order valence-electron chi connectivity index (χ3n) is 6.81. The molecule has 0 aromatic heterocycles. The van der Waals surface area contributed by atoms with Gasteiger partial charge in [0, 0.05) is 11.0 Å². The Morgan fingerprint density at radius 3 is 2.41 bits per heavy atom. The first kappa shape index (κ1) is 9.12. The molecule has 0 heterocycles. The molecule has 0 bridgehead atoms. The Bertz CT molecular complexity index is 527. The molecule has 3 N–H and O–H groups in total. The largest absolute Gasteiger partial charge is 0.271 e. The second-order valence-electron chi connectivity index (χ2n) is 6.98. The normalized spacial score (nSPS) is 55.9. The summed E-state index contributed by atoms with van der Waals surface area (Å²) in [5.41, 5.74) is 7.78. The molecule has 0 amide bonds.